The third-order valence-corrected chi connectivity index (χ3v) is 1.30. The van der Waals surface area contributed by atoms with E-state index in [-0.39, 0.29) is 5.97 Å². The third-order valence-electron chi connectivity index (χ3n) is 1.30. The van der Waals surface area contributed by atoms with Crippen molar-refractivity contribution in [3.05, 3.63) is 11.6 Å². The van der Waals surface area contributed by atoms with Gasteiger partial charge >= 0.3 is 5.97 Å². The summed E-state index contributed by atoms with van der Waals surface area (Å²) in [4.78, 5) is 10.3. The van der Waals surface area contributed by atoms with Gasteiger partial charge in [0, 0.05) is 13.3 Å². The average Bonchev–Trinajstić information content (AvgIpc) is 1.98. The van der Waals surface area contributed by atoms with Crippen LogP contribution in [-0.2, 0) is 9.53 Å². The van der Waals surface area contributed by atoms with Gasteiger partial charge in [0.05, 0.1) is 6.61 Å². The van der Waals surface area contributed by atoms with Crippen molar-refractivity contribution in [2.75, 3.05) is 6.61 Å². The number of hydrogen-bond acceptors (Lipinski definition) is 2. The quantitative estimate of drug-likeness (QED) is 0.276. The van der Waals surface area contributed by atoms with Gasteiger partial charge in [-0.25, -0.2) is 0 Å². The molecule has 0 spiro atoms. The van der Waals surface area contributed by atoms with E-state index in [2.05, 4.69) is 5.92 Å². The zero-order valence-electron chi connectivity index (χ0n) is 7.59. The predicted molar refractivity (Wildman–Crippen MR) is 48.5 cm³/mol. The molecule has 2 heteroatoms. The molecule has 12 heavy (non-hydrogen) atoms. The van der Waals surface area contributed by atoms with Gasteiger partial charge in [-0.2, -0.15) is 0 Å². The van der Waals surface area contributed by atoms with Crippen molar-refractivity contribution in [1.29, 1.82) is 0 Å². The molecule has 2 nitrogen and oxygen atoms in total. The smallest absolute Gasteiger partial charge is 0.302 e. The first-order valence-electron chi connectivity index (χ1n) is 3.89. The standard InChI is InChI=1S/C10H14O2/c1-4-6-9(2)7-5-8-12-10(3)11/h1,7H,5-6,8H2,2-3H3/b9-7+. The lowest BCUT2D eigenvalue weighted by Gasteiger charge is -1.98. The Balaban J connectivity index is 3.47. The maximum Gasteiger partial charge on any atom is 0.302 e. The highest BCUT2D eigenvalue weighted by atomic mass is 16.5. The van der Waals surface area contributed by atoms with Crippen molar-refractivity contribution in [3.8, 4) is 12.3 Å². The molecule has 0 heterocycles. The van der Waals surface area contributed by atoms with Crippen LogP contribution in [0, 0.1) is 12.3 Å². The first-order chi connectivity index (χ1) is 5.66. The minimum Gasteiger partial charge on any atom is -0.466 e. The van der Waals surface area contributed by atoms with E-state index in [1.807, 2.05) is 13.0 Å². The highest BCUT2D eigenvalue weighted by Crippen LogP contribution is 1.99. The van der Waals surface area contributed by atoms with Crippen LogP contribution in [-0.4, -0.2) is 12.6 Å². The van der Waals surface area contributed by atoms with Crippen LogP contribution in [0.1, 0.15) is 26.7 Å². The number of ether oxygens (including phenoxy) is 1. The number of allylic oxidation sites excluding steroid dienone is 1. The monoisotopic (exact) mass is 166 g/mol. The van der Waals surface area contributed by atoms with Gasteiger partial charge in [-0.05, 0) is 13.3 Å². The molecule has 0 radical (unpaired) electrons. The molecule has 0 bridgehead atoms. The van der Waals surface area contributed by atoms with E-state index >= 15 is 0 Å². The third kappa shape index (κ3) is 6.88. The maximum atomic E-state index is 10.3. The molecular weight excluding hydrogens is 152 g/mol. The van der Waals surface area contributed by atoms with E-state index in [0.29, 0.717) is 13.0 Å². The molecule has 0 aromatic heterocycles. The van der Waals surface area contributed by atoms with E-state index in [9.17, 15) is 4.79 Å². The van der Waals surface area contributed by atoms with E-state index < -0.39 is 0 Å². The van der Waals surface area contributed by atoms with Gasteiger partial charge in [-0.15, -0.1) is 12.3 Å². The van der Waals surface area contributed by atoms with Gasteiger partial charge in [0.25, 0.3) is 0 Å². The number of carbonyl (C=O) groups is 1. The molecule has 0 unspecified atom stereocenters. The molecule has 0 saturated heterocycles. The van der Waals surface area contributed by atoms with Crippen LogP contribution in [0.2, 0.25) is 0 Å². The number of rotatable bonds is 4. The second-order valence-corrected chi connectivity index (χ2v) is 2.56. The lowest BCUT2D eigenvalue weighted by Crippen LogP contribution is -1.99. The molecule has 0 saturated carbocycles. The van der Waals surface area contributed by atoms with Gasteiger partial charge in [-0.3, -0.25) is 4.79 Å². The van der Waals surface area contributed by atoms with E-state index in [1.54, 1.807) is 0 Å². The molecule has 0 atom stereocenters. The van der Waals surface area contributed by atoms with Gasteiger partial charge < -0.3 is 4.74 Å². The van der Waals surface area contributed by atoms with Crippen LogP contribution >= 0.6 is 0 Å². The fourth-order valence-corrected chi connectivity index (χ4v) is 0.741. The van der Waals surface area contributed by atoms with Crippen LogP contribution < -0.4 is 0 Å². The minimum absolute atomic E-state index is 0.238. The molecule has 0 aliphatic rings. The van der Waals surface area contributed by atoms with Gasteiger partial charge in [0.1, 0.15) is 0 Å². The van der Waals surface area contributed by atoms with Crippen LogP contribution in [0.5, 0.6) is 0 Å². The summed E-state index contributed by atoms with van der Waals surface area (Å²) in [6.45, 7) is 3.81. The Hall–Kier alpha value is -1.23. The Morgan fingerprint density at radius 1 is 1.58 bits per heavy atom. The summed E-state index contributed by atoms with van der Waals surface area (Å²) >= 11 is 0. The highest BCUT2D eigenvalue weighted by molar-refractivity contribution is 5.65. The van der Waals surface area contributed by atoms with E-state index in [1.165, 1.54) is 6.92 Å². The Morgan fingerprint density at radius 3 is 2.75 bits per heavy atom. The average molecular weight is 166 g/mol. The van der Waals surface area contributed by atoms with Crippen molar-refractivity contribution in [3.63, 3.8) is 0 Å². The number of carbonyl (C=O) groups excluding carboxylic acids is 1. The molecule has 0 aliphatic heterocycles. The molecule has 0 aromatic rings. The molecule has 66 valence electrons. The molecule has 0 N–H and O–H groups in total. The molecular formula is C10H14O2. The van der Waals surface area contributed by atoms with Gasteiger partial charge in [0.2, 0.25) is 0 Å². The molecule has 0 aromatic carbocycles. The van der Waals surface area contributed by atoms with E-state index in [4.69, 9.17) is 11.2 Å². The topological polar surface area (TPSA) is 26.3 Å². The lowest BCUT2D eigenvalue weighted by molar-refractivity contribution is -0.140. The molecule has 0 fully saturated rings. The Labute approximate surface area is 73.6 Å². The van der Waals surface area contributed by atoms with Crippen LogP contribution in [0.15, 0.2) is 11.6 Å². The van der Waals surface area contributed by atoms with Gasteiger partial charge in [-0.1, -0.05) is 11.6 Å². The van der Waals surface area contributed by atoms with Crippen LogP contribution in [0.25, 0.3) is 0 Å². The second-order valence-electron chi connectivity index (χ2n) is 2.56. The number of terminal acetylenes is 1. The number of esters is 1. The first kappa shape index (κ1) is 10.8. The van der Waals surface area contributed by atoms with Crippen LogP contribution in [0.4, 0.5) is 0 Å². The highest BCUT2D eigenvalue weighted by Gasteiger charge is 1.90. The summed E-state index contributed by atoms with van der Waals surface area (Å²) in [6, 6.07) is 0. The Bertz CT molecular complexity index is 208. The Kier molecular flexibility index (Phi) is 5.81. The van der Waals surface area contributed by atoms with Crippen molar-refractivity contribution in [2.45, 2.75) is 26.7 Å². The largest absolute Gasteiger partial charge is 0.466 e. The maximum absolute atomic E-state index is 10.3. The van der Waals surface area contributed by atoms with Gasteiger partial charge in [0.15, 0.2) is 0 Å². The normalized spacial score (nSPS) is 10.6. The molecule has 0 aliphatic carbocycles. The summed E-state index contributed by atoms with van der Waals surface area (Å²) in [5, 5.41) is 0. The minimum atomic E-state index is -0.238. The SMILES string of the molecule is C#CC/C(C)=C/CCOC(C)=O. The second kappa shape index (κ2) is 6.48. The van der Waals surface area contributed by atoms with Crippen molar-refractivity contribution >= 4 is 5.97 Å². The zero-order valence-corrected chi connectivity index (χ0v) is 7.59. The summed E-state index contributed by atoms with van der Waals surface area (Å²) in [5.41, 5.74) is 1.14. The van der Waals surface area contributed by atoms with Crippen molar-refractivity contribution < 1.29 is 9.53 Å². The zero-order chi connectivity index (χ0) is 9.40. The van der Waals surface area contributed by atoms with E-state index in [0.717, 1.165) is 12.0 Å². The molecule has 0 rings (SSSR count). The first-order valence-corrected chi connectivity index (χ1v) is 3.89. The summed E-state index contributed by atoms with van der Waals surface area (Å²) in [6.07, 6.45) is 8.50. The fourth-order valence-electron chi connectivity index (χ4n) is 0.741. The summed E-state index contributed by atoms with van der Waals surface area (Å²) in [7, 11) is 0. The summed E-state index contributed by atoms with van der Waals surface area (Å²) < 4.78 is 4.74. The molecule has 0 amide bonds. The summed E-state index contributed by atoms with van der Waals surface area (Å²) in [5.74, 6) is 2.30. The lowest BCUT2D eigenvalue weighted by atomic mass is 10.2. The number of hydrogen-bond donors (Lipinski definition) is 0. The predicted octanol–water partition coefficient (Wildman–Crippen LogP) is 1.91. The van der Waals surface area contributed by atoms with Crippen molar-refractivity contribution in [2.24, 2.45) is 0 Å². The fraction of sp³-hybridized carbons (Fsp3) is 0.500. The van der Waals surface area contributed by atoms with Crippen LogP contribution in [0.3, 0.4) is 0 Å². The Morgan fingerprint density at radius 2 is 2.25 bits per heavy atom. The van der Waals surface area contributed by atoms with Crippen molar-refractivity contribution in [1.82, 2.24) is 0 Å².